The van der Waals surface area contributed by atoms with E-state index in [2.05, 4.69) is 24.1 Å². The van der Waals surface area contributed by atoms with E-state index in [4.69, 9.17) is 4.74 Å². The van der Waals surface area contributed by atoms with Gasteiger partial charge >= 0.3 is 0 Å². The molecule has 1 aromatic rings. The molecule has 1 aliphatic rings. The summed E-state index contributed by atoms with van der Waals surface area (Å²) in [7, 11) is 0. The molecule has 1 N–H and O–H groups in total. The Labute approximate surface area is 161 Å². The fraction of sp³-hybridized carbons (Fsp3) is 0.650. The highest BCUT2D eigenvalue weighted by atomic mass is 16.6. The van der Waals surface area contributed by atoms with Gasteiger partial charge in [-0.05, 0) is 37.3 Å². The second-order valence-electron chi connectivity index (χ2n) is 7.44. The minimum absolute atomic E-state index is 0.00446. The topological polar surface area (TPSA) is 84.7 Å². The Morgan fingerprint density at radius 3 is 2.59 bits per heavy atom. The molecule has 0 saturated carbocycles. The SMILES string of the molecule is CC(C)COCCCNC(=O)c1ccc(N2CCCCCC2)c([N+](=O)[O-])c1. The fourth-order valence-corrected chi connectivity index (χ4v) is 3.19. The number of ether oxygens (including phenoxy) is 1. The molecule has 0 spiro atoms. The summed E-state index contributed by atoms with van der Waals surface area (Å²) in [6.07, 6.45) is 5.11. The number of nitro groups is 1. The third kappa shape index (κ3) is 6.82. The van der Waals surface area contributed by atoms with Crippen molar-refractivity contribution < 1.29 is 14.5 Å². The first-order valence-electron chi connectivity index (χ1n) is 9.88. The van der Waals surface area contributed by atoms with Crippen LogP contribution >= 0.6 is 0 Å². The number of hydrogen-bond donors (Lipinski definition) is 1. The standard InChI is InChI=1S/C20H31N3O4/c1-16(2)15-27-13-7-10-21-20(24)17-8-9-18(19(14-17)23(25)26)22-11-5-3-4-6-12-22/h8-9,14,16H,3-7,10-13,15H2,1-2H3,(H,21,24). The zero-order chi connectivity index (χ0) is 19.6. The van der Waals surface area contributed by atoms with Crippen molar-refractivity contribution in [2.24, 2.45) is 5.92 Å². The Hall–Kier alpha value is -2.15. The Bertz CT molecular complexity index is 626. The van der Waals surface area contributed by atoms with Crippen LogP contribution < -0.4 is 10.2 Å². The molecule has 1 amide bonds. The van der Waals surface area contributed by atoms with Crippen LogP contribution in [0.3, 0.4) is 0 Å². The molecule has 0 radical (unpaired) electrons. The molecule has 2 rings (SSSR count). The van der Waals surface area contributed by atoms with Gasteiger partial charge in [0, 0.05) is 44.5 Å². The molecule has 0 atom stereocenters. The van der Waals surface area contributed by atoms with Crippen molar-refractivity contribution in [1.82, 2.24) is 5.32 Å². The number of hydrogen-bond acceptors (Lipinski definition) is 5. The van der Waals surface area contributed by atoms with Crippen molar-refractivity contribution in [1.29, 1.82) is 0 Å². The molecule has 1 heterocycles. The molecule has 150 valence electrons. The molecule has 7 heteroatoms. The summed E-state index contributed by atoms with van der Waals surface area (Å²) < 4.78 is 5.48. The molecule has 27 heavy (non-hydrogen) atoms. The van der Waals surface area contributed by atoms with E-state index < -0.39 is 4.92 Å². The largest absolute Gasteiger partial charge is 0.381 e. The van der Waals surface area contributed by atoms with Gasteiger partial charge in [-0.1, -0.05) is 26.7 Å². The molecule has 1 aromatic carbocycles. The number of rotatable bonds is 9. The average molecular weight is 377 g/mol. The van der Waals surface area contributed by atoms with E-state index in [0.717, 1.165) is 38.8 Å². The van der Waals surface area contributed by atoms with Crippen LogP contribution in [0, 0.1) is 16.0 Å². The van der Waals surface area contributed by atoms with Gasteiger partial charge in [0.15, 0.2) is 0 Å². The molecule has 1 saturated heterocycles. The summed E-state index contributed by atoms with van der Waals surface area (Å²) in [5.74, 6) is 0.201. The second kappa shape index (κ2) is 10.9. The lowest BCUT2D eigenvalue weighted by Crippen LogP contribution is -2.27. The molecule has 0 bridgehead atoms. The predicted molar refractivity (Wildman–Crippen MR) is 106 cm³/mol. The van der Waals surface area contributed by atoms with Crippen molar-refractivity contribution in [3.8, 4) is 0 Å². The highest BCUT2D eigenvalue weighted by Crippen LogP contribution is 2.31. The van der Waals surface area contributed by atoms with Crippen molar-refractivity contribution in [3.05, 3.63) is 33.9 Å². The molecule has 7 nitrogen and oxygen atoms in total. The lowest BCUT2D eigenvalue weighted by molar-refractivity contribution is -0.384. The van der Waals surface area contributed by atoms with Crippen molar-refractivity contribution >= 4 is 17.3 Å². The van der Waals surface area contributed by atoms with Crippen LogP contribution in [0.15, 0.2) is 18.2 Å². The number of nitrogens with one attached hydrogen (secondary N) is 1. The molecular weight excluding hydrogens is 346 g/mol. The number of nitro benzene ring substituents is 1. The van der Waals surface area contributed by atoms with Gasteiger partial charge in [0.25, 0.3) is 11.6 Å². The molecule has 1 fully saturated rings. The van der Waals surface area contributed by atoms with Gasteiger partial charge in [-0.2, -0.15) is 0 Å². The molecule has 0 unspecified atom stereocenters. The number of benzene rings is 1. The summed E-state index contributed by atoms with van der Waals surface area (Å²) in [5, 5.41) is 14.4. The Balaban J connectivity index is 1.95. The summed E-state index contributed by atoms with van der Waals surface area (Å²) in [6.45, 7) is 7.60. The van der Waals surface area contributed by atoms with Gasteiger partial charge in [-0.25, -0.2) is 0 Å². The number of carbonyl (C=O) groups excluding carboxylic acids is 1. The maximum atomic E-state index is 12.3. The third-order valence-corrected chi connectivity index (χ3v) is 4.58. The maximum absolute atomic E-state index is 12.3. The second-order valence-corrected chi connectivity index (χ2v) is 7.44. The van der Waals surface area contributed by atoms with Gasteiger partial charge in [0.1, 0.15) is 5.69 Å². The first-order valence-corrected chi connectivity index (χ1v) is 9.88. The molecule has 1 aliphatic heterocycles. The smallest absolute Gasteiger partial charge is 0.293 e. The van der Waals surface area contributed by atoms with Gasteiger partial charge in [0.2, 0.25) is 0 Å². The maximum Gasteiger partial charge on any atom is 0.293 e. The lowest BCUT2D eigenvalue weighted by atomic mass is 10.1. The minimum Gasteiger partial charge on any atom is -0.381 e. The summed E-state index contributed by atoms with van der Waals surface area (Å²) >= 11 is 0. The Morgan fingerprint density at radius 1 is 1.26 bits per heavy atom. The third-order valence-electron chi connectivity index (χ3n) is 4.58. The van der Waals surface area contributed by atoms with Crippen LogP contribution in [0.5, 0.6) is 0 Å². The van der Waals surface area contributed by atoms with Crippen molar-refractivity contribution in [3.63, 3.8) is 0 Å². The number of anilines is 1. The first kappa shape index (κ1) is 21.2. The highest BCUT2D eigenvalue weighted by molar-refractivity contribution is 5.95. The average Bonchev–Trinajstić information content (AvgIpc) is 2.93. The zero-order valence-electron chi connectivity index (χ0n) is 16.4. The number of nitrogens with zero attached hydrogens (tertiary/aromatic N) is 2. The van der Waals surface area contributed by atoms with Crippen molar-refractivity contribution in [2.75, 3.05) is 37.7 Å². The van der Waals surface area contributed by atoms with Crippen LogP contribution in [0.2, 0.25) is 0 Å². The van der Waals surface area contributed by atoms with E-state index in [1.165, 1.54) is 6.07 Å². The van der Waals surface area contributed by atoms with E-state index in [1.807, 2.05) is 0 Å². The highest BCUT2D eigenvalue weighted by Gasteiger charge is 2.22. The van der Waals surface area contributed by atoms with Crippen LogP contribution in [-0.2, 0) is 4.74 Å². The number of carbonyl (C=O) groups is 1. The fourth-order valence-electron chi connectivity index (χ4n) is 3.19. The van der Waals surface area contributed by atoms with E-state index in [-0.39, 0.29) is 11.6 Å². The van der Waals surface area contributed by atoms with Gasteiger partial charge < -0.3 is 15.0 Å². The van der Waals surface area contributed by atoms with Gasteiger partial charge in [-0.3, -0.25) is 14.9 Å². The summed E-state index contributed by atoms with van der Waals surface area (Å²) in [4.78, 5) is 25.5. The Kier molecular flexibility index (Phi) is 8.51. The Morgan fingerprint density at radius 2 is 1.96 bits per heavy atom. The van der Waals surface area contributed by atoms with Gasteiger partial charge in [-0.15, -0.1) is 0 Å². The van der Waals surface area contributed by atoms with E-state index >= 15 is 0 Å². The van der Waals surface area contributed by atoms with E-state index in [0.29, 0.717) is 43.3 Å². The quantitative estimate of drug-likeness (QED) is 0.402. The molecule has 0 aromatic heterocycles. The van der Waals surface area contributed by atoms with Crippen molar-refractivity contribution in [2.45, 2.75) is 46.0 Å². The van der Waals surface area contributed by atoms with E-state index in [9.17, 15) is 14.9 Å². The zero-order valence-corrected chi connectivity index (χ0v) is 16.4. The van der Waals surface area contributed by atoms with Gasteiger partial charge in [0.05, 0.1) is 4.92 Å². The van der Waals surface area contributed by atoms with E-state index in [1.54, 1.807) is 12.1 Å². The molecule has 0 aliphatic carbocycles. The normalized spacial score (nSPS) is 14.9. The first-order chi connectivity index (χ1) is 13.0. The summed E-state index contributed by atoms with van der Waals surface area (Å²) in [6, 6.07) is 4.78. The molecular formula is C20H31N3O4. The minimum atomic E-state index is -0.392. The monoisotopic (exact) mass is 377 g/mol. The van der Waals surface area contributed by atoms with Crippen LogP contribution in [0.1, 0.15) is 56.3 Å². The van der Waals surface area contributed by atoms with Crippen LogP contribution in [0.25, 0.3) is 0 Å². The van der Waals surface area contributed by atoms with Crippen LogP contribution in [-0.4, -0.2) is 43.7 Å². The summed E-state index contributed by atoms with van der Waals surface area (Å²) in [5.41, 5.74) is 0.939. The predicted octanol–water partition coefficient (Wildman–Crippen LogP) is 3.77. The lowest BCUT2D eigenvalue weighted by Gasteiger charge is -2.22. The number of amides is 1. The van der Waals surface area contributed by atoms with Crippen LogP contribution in [0.4, 0.5) is 11.4 Å².